The molecule has 0 radical (unpaired) electrons. The molecule has 9 nitrogen and oxygen atoms in total. The van der Waals surface area contributed by atoms with Gasteiger partial charge in [-0.15, -0.1) is 0 Å². The average Bonchev–Trinajstić information content (AvgIpc) is 3.97. The molecule has 0 bridgehead atoms. The number of hydrogen-bond acceptors (Lipinski definition) is 8. The quantitative estimate of drug-likeness (QED) is 0.278. The standard InChI is InChI=1S/C38H41FN6O3/c1-2-33(46)45-16-15-43(21-25(45)11-13-40)36-30-10-9-29(27-5-3-6-28-31-17-23(31)18-32(27)28)35(48-26-7-8-26)34(30)41-37(42-36)47-22-38-12-4-14-44(38)20-24(39)19-38/h2-3,5-6,9-10,23-26,31H,1,4,7-8,11-12,14-22H2/t23?,24-,25+,31?,38+/m1/s1. The van der Waals surface area contributed by atoms with Crippen molar-refractivity contribution in [2.45, 2.75) is 81.1 Å². The largest absolute Gasteiger partial charge is 0.487 e. The fourth-order valence-electron chi connectivity index (χ4n) is 9.05. The van der Waals surface area contributed by atoms with Crippen LogP contribution >= 0.6 is 0 Å². The predicted molar refractivity (Wildman–Crippen MR) is 180 cm³/mol. The van der Waals surface area contributed by atoms with E-state index >= 15 is 0 Å². The van der Waals surface area contributed by atoms with Gasteiger partial charge < -0.3 is 19.3 Å². The summed E-state index contributed by atoms with van der Waals surface area (Å²) in [5, 5.41) is 10.5. The van der Waals surface area contributed by atoms with Gasteiger partial charge in [0.05, 0.1) is 30.2 Å². The van der Waals surface area contributed by atoms with E-state index in [1.54, 1.807) is 4.90 Å². The number of fused-ring (bicyclic) bond motifs is 5. The number of nitriles is 1. The van der Waals surface area contributed by atoms with Gasteiger partial charge in [0.15, 0.2) is 5.75 Å². The lowest BCUT2D eigenvalue weighted by molar-refractivity contribution is -0.128. The van der Waals surface area contributed by atoms with Crippen molar-refractivity contribution in [3.63, 3.8) is 0 Å². The third kappa shape index (κ3) is 5.01. The zero-order chi connectivity index (χ0) is 32.6. The summed E-state index contributed by atoms with van der Waals surface area (Å²) in [6.07, 6.45) is 7.59. The van der Waals surface area contributed by atoms with Crippen LogP contribution < -0.4 is 14.4 Å². The maximum atomic E-state index is 14.6. The molecule has 4 heterocycles. The lowest BCUT2D eigenvalue weighted by Gasteiger charge is -2.41. The minimum atomic E-state index is -0.853. The van der Waals surface area contributed by atoms with Crippen molar-refractivity contribution >= 4 is 22.6 Å². The highest BCUT2D eigenvalue weighted by Crippen LogP contribution is 2.58. The van der Waals surface area contributed by atoms with Gasteiger partial charge in [0.2, 0.25) is 5.91 Å². The number of hydrogen-bond donors (Lipinski definition) is 0. The summed E-state index contributed by atoms with van der Waals surface area (Å²) in [6.45, 7) is 6.74. The first-order valence-corrected chi connectivity index (χ1v) is 17.6. The highest BCUT2D eigenvalue weighted by atomic mass is 19.1. The number of benzene rings is 2. The minimum absolute atomic E-state index is 0.140. The van der Waals surface area contributed by atoms with Crippen LogP contribution in [0.3, 0.4) is 0 Å². The summed E-state index contributed by atoms with van der Waals surface area (Å²) in [5.41, 5.74) is 5.52. The molecule has 9 rings (SSSR count). The van der Waals surface area contributed by atoms with Gasteiger partial charge in [0, 0.05) is 43.5 Å². The van der Waals surface area contributed by atoms with Gasteiger partial charge in [-0.3, -0.25) is 9.69 Å². The fraction of sp³-hybridized carbons (Fsp3) is 0.526. The smallest absolute Gasteiger partial charge is 0.319 e. The summed E-state index contributed by atoms with van der Waals surface area (Å²) >= 11 is 0. The second-order valence-electron chi connectivity index (χ2n) is 14.7. The van der Waals surface area contributed by atoms with E-state index in [1.165, 1.54) is 29.2 Å². The van der Waals surface area contributed by atoms with Gasteiger partial charge in [0.1, 0.15) is 24.1 Å². The third-order valence-electron chi connectivity index (χ3n) is 11.7. The number of carbonyl (C=O) groups is 1. The van der Waals surface area contributed by atoms with E-state index < -0.39 is 6.17 Å². The van der Waals surface area contributed by atoms with Crippen molar-refractivity contribution in [2.24, 2.45) is 5.92 Å². The number of piperazine rings is 1. The molecule has 3 aliphatic carbocycles. The number of aromatic nitrogens is 2. The van der Waals surface area contributed by atoms with E-state index in [-0.39, 0.29) is 36.0 Å². The molecule has 2 aromatic carbocycles. The molecule has 3 aromatic rings. The van der Waals surface area contributed by atoms with Gasteiger partial charge in [-0.2, -0.15) is 15.2 Å². The highest BCUT2D eigenvalue weighted by Gasteiger charge is 2.50. The summed E-state index contributed by atoms with van der Waals surface area (Å²) in [7, 11) is 0. The van der Waals surface area contributed by atoms with Crippen molar-refractivity contribution in [3.8, 4) is 29.0 Å². The first-order chi connectivity index (χ1) is 23.4. The van der Waals surface area contributed by atoms with Crippen molar-refractivity contribution in [2.75, 3.05) is 44.2 Å². The Morgan fingerprint density at radius 2 is 2.04 bits per heavy atom. The van der Waals surface area contributed by atoms with E-state index in [4.69, 9.17) is 19.4 Å². The van der Waals surface area contributed by atoms with Gasteiger partial charge in [-0.25, -0.2) is 4.39 Å². The Labute approximate surface area is 280 Å². The van der Waals surface area contributed by atoms with Crippen LogP contribution in [0.15, 0.2) is 43.0 Å². The Bertz CT molecular complexity index is 1860. The molecular weight excluding hydrogens is 607 g/mol. The molecule has 0 spiro atoms. The van der Waals surface area contributed by atoms with Crippen LogP contribution in [0.2, 0.25) is 0 Å². The van der Waals surface area contributed by atoms with Crippen LogP contribution in [0.25, 0.3) is 22.0 Å². The van der Waals surface area contributed by atoms with Crippen molar-refractivity contribution in [1.82, 2.24) is 19.8 Å². The number of anilines is 1. The summed E-state index contributed by atoms with van der Waals surface area (Å²) in [4.78, 5) is 28.9. The minimum Gasteiger partial charge on any atom is -0.487 e. The Kier molecular flexibility index (Phi) is 7.12. The molecule has 2 saturated carbocycles. The van der Waals surface area contributed by atoms with E-state index in [0.29, 0.717) is 56.5 Å². The van der Waals surface area contributed by atoms with Crippen LogP contribution in [0, 0.1) is 17.2 Å². The van der Waals surface area contributed by atoms with E-state index in [0.717, 1.165) is 61.3 Å². The normalized spacial score (nSPS) is 28.9. The number of rotatable bonds is 9. The lowest BCUT2D eigenvalue weighted by atomic mass is 9.93. The molecule has 248 valence electrons. The Morgan fingerprint density at radius 1 is 1.15 bits per heavy atom. The molecule has 5 fully saturated rings. The van der Waals surface area contributed by atoms with E-state index in [2.05, 4.69) is 52.8 Å². The number of amides is 1. The van der Waals surface area contributed by atoms with Crippen LogP contribution in [0.5, 0.6) is 11.8 Å². The maximum absolute atomic E-state index is 14.6. The first kappa shape index (κ1) is 29.9. The fourth-order valence-corrected chi connectivity index (χ4v) is 9.05. The molecule has 2 unspecified atom stereocenters. The summed E-state index contributed by atoms with van der Waals surface area (Å²) in [5.74, 6) is 2.73. The van der Waals surface area contributed by atoms with Gasteiger partial charge in [-0.05, 0) is 91.8 Å². The van der Waals surface area contributed by atoms with Crippen LogP contribution in [0.1, 0.15) is 62.0 Å². The van der Waals surface area contributed by atoms with Crippen molar-refractivity contribution in [1.29, 1.82) is 5.26 Å². The highest BCUT2D eigenvalue weighted by molar-refractivity contribution is 5.99. The summed E-state index contributed by atoms with van der Waals surface area (Å²) in [6, 6.07) is 13.1. The van der Waals surface area contributed by atoms with Crippen LogP contribution in [0.4, 0.5) is 10.2 Å². The SMILES string of the molecule is C=CC(=O)N1CCN(c2nc(OC[C@@]34CCCN3C[C@H](F)C4)nc3c(OC4CC4)c(-c4cccc5c4CC4CC54)ccc23)C[C@@H]1CC#N. The van der Waals surface area contributed by atoms with E-state index in [1.807, 2.05) is 0 Å². The second-order valence-corrected chi connectivity index (χ2v) is 14.7. The Balaban J connectivity index is 1.16. The molecule has 3 aliphatic heterocycles. The van der Waals surface area contributed by atoms with Gasteiger partial charge >= 0.3 is 6.01 Å². The second kappa shape index (κ2) is 11.4. The predicted octanol–water partition coefficient (Wildman–Crippen LogP) is 5.57. The Hall–Kier alpha value is -4.23. The third-order valence-corrected chi connectivity index (χ3v) is 11.7. The molecule has 6 aliphatic rings. The number of alkyl halides is 1. The molecule has 10 heteroatoms. The van der Waals surface area contributed by atoms with Gasteiger partial charge in [-0.1, -0.05) is 24.8 Å². The molecule has 5 atom stereocenters. The average molecular weight is 649 g/mol. The number of halogens is 1. The molecular formula is C38H41FN6O3. The topological polar surface area (TPSA) is 94.8 Å². The molecule has 0 N–H and O–H groups in total. The number of nitrogens with zero attached hydrogens (tertiary/aromatic N) is 6. The zero-order valence-corrected chi connectivity index (χ0v) is 27.2. The van der Waals surface area contributed by atoms with Crippen LogP contribution in [-0.4, -0.2) is 88.9 Å². The molecule has 1 aromatic heterocycles. The molecule has 3 saturated heterocycles. The summed E-state index contributed by atoms with van der Waals surface area (Å²) < 4.78 is 27.9. The maximum Gasteiger partial charge on any atom is 0.319 e. The van der Waals surface area contributed by atoms with E-state index in [9.17, 15) is 14.4 Å². The Morgan fingerprint density at radius 3 is 2.88 bits per heavy atom. The zero-order valence-electron chi connectivity index (χ0n) is 27.2. The lowest BCUT2D eigenvalue weighted by Crippen LogP contribution is -2.55. The monoisotopic (exact) mass is 648 g/mol. The van der Waals surface area contributed by atoms with Crippen LogP contribution in [-0.2, 0) is 11.2 Å². The van der Waals surface area contributed by atoms with Crippen molar-refractivity contribution < 1.29 is 18.7 Å². The van der Waals surface area contributed by atoms with Gasteiger partial charge in [0.25, 0.3) is 0 Å². The molecule has 48 heavy (non-hydrogen) atoms. The number of carbonyl (C=O) groups excluding carboxylic acids is 1. The first-order valence-electron chi connectivity index (χ1n) is 17.6. The molecule has 1 amide bonds. The number of ether oxygens (including phenoxy) is 2. The van der Waals surface area contributed by atoms with Crippen molar-refractivity contribution in [3.05, 3.63) is 54.1 Å².